The average Bonchev–Trinajstić information content (AvgIpc) is 2.59. The summed E-state index contributed by atoms with van der Waals surface area (Å²) in [6, 6.07) is 2.81. The molecule has 8 heteroatoms. The van der Waals surface area contributed by atoms with Crippen molar-refractivity contribution in [2.45, 2.75) is 12.5 Å². The summed E-state index contributed by atoms with van der Waals surface area (Å²) in [4.78, 5) is 13.2. The zero-order valence-electron chi connectivity index (χ0n) is 13.4. The van der Waals surface area contributed by atoms with E-state index in [1.54, 1.807) is 6.07 Å². The first-order chi connectivity index (χ1) is 11.1. The number of rotatable bonds is 7. The van der Waals surface area contributed by atoms with Gasteiger partial charge in [0.2, 0.25) is 0 Å². The van der Waals surface area contributed by atoms with Gasteiger partial charge in [0.1, 0.15) is 0 Å². The number of hydrogen-bond acceptors (Lipinski definition) is 7. The van der Waals surface area contributed by atoms with Crippen molar-refractivity contribution >= 4 is 5.69 Å². The van der Waals surface area contributed by atoms with Gasteiger partial charge in [-0.3, -0.25) is 15.0 Å². The van der Waals surface area contributed by atoms with Gasteiger partial charge in [-0.15, -0.1) is 0 Å². The van der Waals surface area contributed by atoms with Gasteiger partial charge < -0.3 is 19.9 Å². The van der Waals surface area contributed by atoms with Crippen molar-refractivity contribution in [3.8, 4) is 11.5 Å². The van der Waals surface area contributed by atoms with E-state index in [0.29, 0.717) is 23.5 Å². The summed E-state index contributed by atoms with van der Waals surface area (Å²) < 4.78 is 10.5. The molecule has 0 aromatic heterocycles. The van der Waals surface area contributed by atoms with Crippen LogP contribution in [0.25, 0.3) is 0 Å². The molecule has 0 amide bonds. The molecule has 1 aliphatic heterocycles. The summed E-state index contributed by atoms with van der Waals surface area (Å²) in [5, 5.41) is 24.2. The van der Waals surface area contributed by atoms with Crippen LogP contribution in [-0.2, 0) is 0 Å². The van der Waals surface area contributed by atoms with Crippen molar-refractivity contribution in [3.63, 3.8) is 0 Å². The highest BCUT2D eigenvalue weighted by Crippen LogP contribution is 2.40. The molecule has 0 aliphatic carbocycles. The first-order valence-electron chi connectivity index (χ1n) is 7.58. The topological polar surface area (TPSA) is 97.1 Å². The molecular weight excluding hydrogens is 302 g/mol. The summed E-state index contributed by atoms with van der Waals surface area (Å²) in [7, 11) is 2.95. The summed E-state index contributed by atoms with van der Waals surface area (Å²) in [6.45, 7) is 3.15. The molecule has 1 aromatic carbocycles. The van der Waals surface area contributed by atoms with Crippen LogP contribution in [0.3, 0.4) is 0 Å². The van der Waals surface area contributed by atoms with Gasteiger partial charge in [0.25, 0.3) is 5.69 Å². The second-order valence-electron chi connectivity index (χ2n) is 5.34. The van der Waals surface area contributed by atoms with E-state index >= 15 is 0 Å². The molecule has 1 atom stereocenters. The lowest BCUT2D eigenvalue weighted by Gasteiger charge is -2.35. The Labute approximate surface area is 135 Å². The number of hydrogen-bond donors (Lipinski definition) is 2. The van der Waals surface area contributed by atoms with Crippen LogP contribution in [0, 0.1) is 10.1 Å². The highest BCUT2D eigenvalue weighted by atomic mass is 16.6. The van der Waals surface area contributed by atoms with Gasteiger partial charge in [-0.05, 0) is 12.5 Å². The minimum atomic E-state index is -0.413. The number of ether oxygens (including phenoxy) is 2. The number of benzene rings is 1. The summed E-state index contributed by atoms with van der Waals surface area (Å²) in [5.74, 6) is 0.775. The van der Waals surface area contributed by atoms with Crippen LogP contribution >= 0.6 is 0 Å². The number of nitro groups is 1. The number of nitro benzene ring substituents is 1. The summed E-state index contributed by atoms with van der Waals surface area (Å²) in [6.07, 6.45) is 0.427. The predicted octanol–water partition coefficient (Wildman–Crippen LogP) is 0.941. The Morgan fingerprint density at radius 3 is 2.43 bits per heavy atom. The van der Waals surface area contributed by atoms with Crippen molar-refractivity contribution in [1.29, 1.82) is 0 Å². The minimum absolute atomic E-state index is 0.0142. The van der Waals surface area contributed by atoms with Crippen molar-refractivity contribution in [2.75, 3.05) is 47.0 Å². The molecule has 0 bridgehead atoms. The molecule has 1 aromatic rings. The first kappa shape index (κ1) is 17.5. The highest BCUT2D eigenvalue weighted by Gasteiger charge is 2.30. The maximum Gasteiger partial charge on any atom is 0.278 e. The molecule has 1 fully saturated rings. The normalized spacial score (nSPS) is 16.8. The van der Waals surface area contributed by atoms with Crippen LogP contribution in [0.15, 0.2) is 12.1 Å². The minimum Gasteiger partial charge on any atom is -0.493 e. The van der Waals surface area contributed by atoms with Crippen LogP contribution in [0.2, 0.25) is 0 Å². The van der Waals surface area contributed by atoms with Crippen LogP contribution < -0.4 is 14.8 Å². The van der Waals surface area contributed by atoms with E-state index in [1.165, 1.54) is 20.3 Å². The van der Waals surface area contributed by atoms with Gasteiger partial charge in [0, 0.05) is 38.8 Å². The molecule has 0 radical (unpaired) electrons. The van der Waals surface area contributed by atoms with E-state index in [2.05, 4.69) is 10.2 Å². The molecule has 0 spiro atoms. The monoisotopic (exact) mass is 325 g/mol. The third-order valence-electron chi connectivity index (χ3n) is 4.08. The lowest BCUT2D eigenvalue weighted by molar-refractivity contribution is -0.386. The maximum absolute atomic E-state index is 11.5. The average molecular weight is 325 g/mol. The van der Waals surface area contributed by atoms with Crippen molar-refractivity contribution < 1.29 is 19.5 Å². The Morgan fingerprint density at radius 2 is 1.91 bits per heavy atom. The van der Waals surface area contributed by atoms with Gasteiger partial charge in [-0.1, -0.05) is 0 Å². The fraction of sp³-hybridized carbons (Fsp3) is 0.600. The van der Waals surface area contributed by atoms with E-state index in [4.69, 9.17) is 9.47 Å². The molecule has 0 saturated carbocycles. The molecule has 1 aliphatic rings. The molecule has 1 saturated heterocycles. The van der Waals surface area contributed by atoms with Crippen molar-refractivity contribution in [1.82, 2.24) is 10.2 Å². The molecule has 8 nitrogen and oxygen atoms in total. The Balaban J connectivity index is 2.48. The predicted molar refractivity (Wildman–Crippen MR) is 85.1 cm³/mol. The van der Waals surface area contributed by atoms with E-state index in [9.17, 15) is 15.2 Å². The number of nitrogens with zero attached hydrogens (tertiary/aromatic N) is 2. The highest BCUT2D eigenvalue weighted by molar-refractivity contribution is 5.55. The van der Waals surface area contributed by atoms with Crippen molar-refractivity contribution in [2.24, 2.45) is 0 Å². The van der Waals surface area contributed by atoms with E-state index in [0.717, 1.165) is 26.2 Å². The fourth-order valence-electron chi connectivity index (χ4n) is 2.96. The second kappa shape index (κ2) is 8.09. The second-order valence-corrected chi connectivity index (χ2v) is 5.34. The molecule has 2 rings (SSSR count). The van der Waals surface area contributed by atoms with Gasteiger partial charge in [0.05, 0.1) is 30.8 Å². The maximum atomic E-state index is 11.5. The van der Waals surface area contributed by atoms with E-state index in [1.807, 2.05) is 0 Å². The number of aliphatic hydroxyl groups excluding tert-OH is 1. The Morgan fingerprint density at radius 1 is 1.30 bits per heavy atom. The van der Waals surface area contributed by atoms with Gasteiger partial charge in [-0.25, -0.2) is 0 Å². The van der Waals surface area contributed by atoms with Gasteiger partial charge in [0.15, 0.2) is 11.5 Å². The summed E-state index contributed by atoms with van der Waals surface area (Å²) >= 11 is 0. The van der Waals surface area contributed by atoms with Crippen LogP contribution in [0.1, 0.15) is 18.0 Å². The fourth-order valence-corrected chi connectivity index (χ4v) is 2.96. The molecule has 23 heavy (non-hydrogen) atoms. The largest absolute Gasteiger partial charge is 0.493 e. The quantitative estimate of drug-likeness (QED) is 0.569. The first-order valence-corrected chi connectivity index (χ1v) is 7.58. The number of methoxy groups -OCH3 is 2. The van der Waals surface area contributed by atoms with Crippen LogP contribution in [-0.4, -0.2) is 61.9 Å². The molecule has 0 unspecified atom stereocenters. The van der Waals surface area contributed by atoms with Gasteiger partial charge in [-0.2, -0.15) is 0 Å². The Hall–Kier alpha value is -1.90. The lowest BCUT2D eigenvalue weighted by atomic mass is 9.98. The Bertz CT molecular complexity index is 546. The molecule has 1 heterocycles. The third-order valence-corrected chi connectivity index (χ3v) is 4.08. The smallest absolute Gasteiger partial charge is 0.278 e. The van der Waals surface area contributed by atoms with Crippen molar-refractivity contribution in [3.05, 3.63) is 27.8 Å². The Kier molecular flexibility index (Phi) is 6.14. The third kappa shape index (κ3) is 3.90. The number of nitrogens with one attached hydrogen (secondary N) is 1. The molecular formula is C15H23N3O5. The number of aliphatic hydroxyl groups is 1. The zero-order valence-corrected chi connectivity index (χ0v) is 13.4. The summed E-state index contributed by atoms with van der Waals surface area (Å²) in [5.41, 5.74) is 0.531. The SMILES string of the molecule is COc1cc([C@@H](CCO)N2CCNCC2)c([N+](=O)[O-])cc1OC. The molecule has 128 valence electrons. The number of piperazine rings is 1. The van der Waals surface area contributed by atoms with E-state index < -0.39 is 4.92 Å². The van der Waals surface area contributed by atoms with Crippen LogP contribution in [0.5, 0.6) is 11.5 Å². The van der Waals surface area contributed by atoms with Gasteiger partial charge >= 0.3 is 0 Å². The van der Waals surface area contributed by atoms with Crippen LogP contribution in [0.4, 0.5) is 5.69 Å². The zero-order chi connectivity index (χ0) is 16.8. The molecule has 2 N–H and O–H groups in total. The standard InChI is InChI=1S/C15H23N3O5/c1-22-14-9-11(13(18(20)21)10-15(14)23-2)12(3-8-19)17-6-4-16-5-7-17/h9-10,12,16,19H,3-8H2,1-2H3/t12-/m1/s1. The lowest BCUT2D eigenvalue weighted by Crippen LogP contribution is -2.45. The van der Waals surface area contributed by atoms with E-state index in [-0.39, 0.29) is 18.3 Å².